The number of fused-ring (bicyclic) bond motifs is 1. The number of nitrogens with one attached hydrogen (secondary N) is 1. The van der Waals surface area contributed by atoms with Crippen molar-refractivity contribution in [2.45, 2.75) is 26.4 Å². The number of carbonyl (C=O) groups excluding carboxylic acids is 1. The van der Waals surface area contributed by atoms with Crippen molar-refractivity contribution in [2.75, 3.05) is 5.32 Å². The number of carbonyl (C=O) groups is 1. The predicted octanol–water partition coefficient (Wildman–Crippen LogP) is 2.98. The van der Waals surface area contributed by atoms with Crippen LogP contribution in [0, 0.1) is 0 Å². The van der Waals surface area contributed by atoms with E-state index in [1.54, 1.807) is 0 Å². The lowest BCUT2D eigenvalue weighted by Crippen LogP contribution is -2.27. The summed E-state index contributed by atoms with van der Waals surface area (Å²) in [6, 6.07) is 11.3. The second-order valence-electron chi connectivity index (χ2n) is 5.45. The van der Waals surface area contributed by atoms with Gasteiger partial charge in [0, 0.05) is 5.69 Å². The maximum absolute atomic E-state index is 11.7. The van der Waals surface area contributed by atoms with Crippen molar-refractivity contribution in [1.82, 2.24) is 0 Å². The molecule has 0 fully saturated rings. The van der Waals surface area contributed by atoms with E-state index in [1.165, 1.54) is 0 Å². The number of amides is 1. The molecule has 2 radical (unpaired) electrons. The Morgan fingerprint density at radius 1 is 1.11 bits per heavy atom. The fraction of sp³-hybridized carbons (Fsp3) is 0.267. The van der Waals surface area contributed by atoms with Crippen molar-refractivity contribution in [3.8, 4) is 0 Å². The van der Waals surface area contributed by atoms with Crippen LogP contribution < -0.4 is 10.8 Å². The first-order valence-electron chi connectivity index (χ1n) is 6.13. The summed E-state index contributed by atoms with van der Waals surface area (Å²) in [6.45, 7) is 5.49. The van der Waals surface area contributed by atoms with Gasteiger partial charge >= 0.3 is 6.09 Å². The molecule has 0 aliphatic heterocycles. The van der Waals surface area contributed by atoms with E-state index in [0.717, 1.165) is 16.2 Å². The zero-order valence-corrected chi connectivity index (χ0v) is 11.4. The van der Waals surface area contributed by atoms with Crippen molar-refractivity contribution < 1.29 is 9.53 Å². The first kappa shape index (κ1) is 13.5. The predicted molar refractivity (Wildman–Crippen MR) is 79.2 cm³/mol. The zero-order valence-electron chi connectivity index (χ0n) is 11.4. The Bertz CT molecular complexity index is 617. The third kappa shape index (κ3) is 3.75. The molecule has 1 amide bonds. The minimum atomic E-state index is -0.505. The van der Waals surface area contributed by atoms with Crippen LogP contribution in [0.2, 0.25) is 0 Å². The molecule has 0 bridgehead atoms. The van der Waals surface area contributed by atoms with Gasteiger partial charge in [-0.2, -0.15) is 0 Å². The monoisotopic (exact) mass is 253 g/mol. The molecule has 2 aromatic carbocycles. The number of hydrogen-bond donors (Lipinski definition) is 1. The van der Waals surface area contributed by atoms with Crippen LogP contribution in [-0.2, 0) is 4.74 Å². The van der Waals surface area contributed by atoms with Gasteiger partial charge in [0.25, 0.3) is 0 Å². The molecular formula is C15H16BNO2. The van der Waals surface area contributed by atoms with Crippen LogP contribution in [0.1, 0.15) is 20.8 Å². The first-order chi connectivity index (χ1) is 8.83. The van der Waals surface area contributed by atoms with Gasteiger partial charge in [-0.05, 0) is 43.7 Å². The highest BCUT2D eigenvalue weighted by Gasteiger charge is 2.16. The summed E-state index contributed by atoms with van der Waals surface area (Å²) in [4.78, 5) is 11.7. The van der Waals surface area contributed by atoms with E-state index in [4.69, 9.17) is 12.6 Å². The largest absolute Gasteiger partial charge is 0.444 e. The Hall–Kier alpha value is -1.97. The number of ether oxygens (including phenoxy) is 1. The minimum Gasteiger partial charge on any atom is -0.444 e. The molecule has 96 valence electrons. The summed E-state index contributed by atoms with van der Waals surface area (Å²) in [5, 5.41) is 4.77. The van der Waals surface area contributed by atoms with Crippen molar-refractivity contribution >= 4 is 35.9 Å². The highest BCUT2D eigenvalue weighted by atomic mass is 16.6. The number of rotatable bonds is 1. The summed E-state index contributed by atoms with van der Waals surface area (Å²) >= 11 is 0. The molecule has 0 saturated heterocycles. The third-order valence-electron chi connectivity index (χ3n) is 2.51. The summed E-state index contributed by atoms with van der Waals surface area (Å²) in [5.41, 5.74) is 0.918. The van der Waals surface area contributed by atoms with Gasteiger partial charge in [0.05, 0.1) is 0 Å². The van der Waals surface area contributed by atoms with Crippen LogP contribution in [-0.4, -0.2) is 19.5 Å². The summed E-state index contributed by atoms with van der Waals surface area (Å²) < 4.78 is 5.20. The van der Waals surface area contributed by atoms with Crippen LogP contribution in [0.5, 0.6) is 0 Å². The molecule has 0 unspecified atom stereocenters. The molecule has 0 aliphatic carbocycles. The molecule has 0 atom stereocenters. The molecule has 0 saturated carbocycles. The Morgan fingerprint density at radius 2 is 1.74 bits per heavy atom. The summed E-state index contributed by atoms with van der Waals surface area (Å²) in [6.07, 6.45) is -0.456. The van der Waals surface area contributed by atoms with Gasteiger partial charge in [0.15, 0.2) is 0 Å². The van der Waals surface area contributed by atoms with Gasteiger partial charge < -0.3 is 4.74 Å². The highest BCUT2D eigenvalue weighted by molar-refractivity contribution is 6.33. The van der Waals surface area contributed by atoms with E-state index in [-0.39, 0.29) is 0 Å². The minimum absolute atomic E-state index is 0.456. The Morgan fingerprint density at radius 3 is 2.42 bits per heavy atom. The van der Waals surface area contributed by atoms with Gasteiger partial charge in [-0.3, -0.25) is 5.32 Å². The third-order valence-corrected chi connectivity index (χ3v) is 2.51. The van der Waals surface area contributed by atoms with Crippen LogP contribution >= 0.6 is 0 Å². The van der Waals surface area contributed by atoms with Gasteiger partial charge in [-0.1, -0.05) is 29.7 Å². The van der Waals surface area contributed by atoms with Crippen molar-refractivity contribution in [1.29, 1.82) is 0 Å². The van der Waals surface area contributed by atoms with Crippen molar-refractivity contribution in [3.05, 3.63) is 36.4 Å². The number of anilines is 1. The number of benzene rings is 2. The van der Waals surface area contributed by atoms with Gasteiger partial charge in [0.2, 0.25) is 0 Å². The molecule has 1 N–H and O–H groups in total. The molecule has 2 aromatic rings. The van der Waals surface area contributed by atoms with Crippen LogP contribution in [0.15, 0.2) is 36.4 Å². The highest BCUT2D eigenvalue weighted by Crippen LogP contribution is 2.19. The lowest BCUT2D eigenvalue weighted by Gasteiger charge is -2.19. The Balaban J connectivity index is 2.18. The van der Waals surface area contributed by atoms with Gasteiger partial charge in [0.1, 0.15) is 13.4 Å². The molecule has 0 aromatic heterocycles. The standard InChI is InChI=1S/C15H16BNO2/c1-15(2,3)19-14(18)17-13-7-5-10-8-12(16)6-4-11(10)9-13/h4-9H,1-3H3,(H,17,18). The maximum Gasteiger partial charge on any atom is 0.412 e. The second-order valence-corrected chi connectivity index (χ2v) is 5.45. The quantitative estimate of drug-likeness (QED) is 0.793. The lowest BCUT2D eigenvalue weighted by molar-refractivity contribution is 0.0636. The molecule has 0 aliphatic rings. The van der Waals surface area contributed by atoms with E-state index < -0.39 is 11.7 Å². The molecule has 2 rings (SSSR count). The molecule has 0 spiro atoms. The van der Waals surface area contributed by atoms with Gasteiger partial charge in [-0.15, -0.1) is 0 Å². The Kier molecular flexibility index (Phi) is 3.51. The smallest absolute Gasteiger partial charge is 0.412 e. The van der Waals surface area contributed by atoms with E-state index in [9.17, 15) is 4.79 Å². The fourth-order valence-electron chi connectivity index (χ4n) is 1.76. The number of hydrogen-bond acceptors (Lipinski definition) is 2. The average molecular weight is 253 g/mol. The molecule has 4 heteroatoms. The lowest BCUT2D eigenvalue weighted by atomic mass is 9.93. The average Bonchev–Trinajstić information content (AvgIpc) is 2.26. The molecule has 19 heavy (non-hydrogen) atoms. The van der Waals surface area contributed by atoms with Crippen LogP contribution in [0.4, 0.5) is 10.5 Å². The van der Waals surface area contributed by atoms with Crippen molar-refractivity contribution in [2.24, 2.45) is 0 Å². The Labute approximate surface area is 114 Å². The maximum atomic E-state index is 11.7. The molecule has 0 heterocycles. The fourth-order valence-corrected chi connectivity index (χ4v) is 1.76. The second kappa shape index (κ2) is 4.96. The summed E-state index contributed by atoms with van der Waals surface area (Å²) in [5.74, 6) is 0. The van der Waals surface area contributed by atoms with Crippen LogP contribution in [0.25, 0.3) is 10.8 Å². The SMILES string of the molecule is [B]c1ccc2cc(NC(=O)OC(C)(C)C)ccc2c1. The normalized spacial score (nSPS) is 11.3. The van der Waals surface area contributed by atoms with E-state index in [2.05, 4.69) is 5.32 Å². The van der Waals surface area contributed by atoms with E-state index in [0.29, 0.717) is 5.69 Å². The van der Waals surface area contributed by atoms with E-state index in [1.807, 2.05) is 57.2 Å². The van der Waals surface area contributed by atoms with Gasteiger partial charge in [-0.25, -0.2) is 4.79 Å². The molecule has 3 nitrogen and oxygen atoms in total. The van der Waals surface area contributed by atoms with Crippen molar-refractivity contribution in [3.63, 3.8) is 0 Å². The summed E-state index contributed by atoms with van der Waals surface area (Å²) in [7, 11) is 5.72. The van der Waals surface area contributed by atoms with Crippen LogP contribution in [0.3, 0.4) is 0 Å². The topological polar surface area (TPSA) is 38.3 Å². The van der Waals surface area contributed by atoms with E-state index >= 15 is 0 Å². The molecular weight excluding hydrogens is 237 g/mol. The zero-order chi connectivity index (χ0) is 14.0. The first-order valence-corrected chi connectivity index (χ1v) is 6.13.